The van der Waals surface area contributed by atoms with Crippen molar-refractivity contribution in [2.75, 3.05) is 18.6 Å². The molecule has 1 N–H and O–H groups in total. The number of anilines is 2. The molecule has 0 aromatic heterocycles. The third-order valence-electron chi connectivity index (χ3n) is 4.59. The standard InChI is InChI=1S/C22H25NO6/c1-14(2)29-20(21(24)25)12-15-5-4-6-17(11-15)23(22(26)27-3)18-7-8-19-16(13-18)9-10-28-19/h4-8,11,13-14,20H,9-10,12H2,1-3H3,(H,24,25). The second-order valence-electron chi connectivity index (χ2n) is 7.08. The van der Waals surface area contributed by atoms with E-state index in [0.717, 1.165) is 23.3 Å². The summed E-state index contributed by atoms with van der Waals surface area (Å²) < 4.78 is 16.0. The number of carbonyl (C=O) groups is 2. The number of carboxylic acid groups (broad SMARTS) is 1. The Balaban J connectivity index is 1.92. The van der Waals surface area contributed by atoms with E-state index in [0.29, 0.717) is 18.0 Å². The molecule has 2 aromatic rings. The summed E-state index contributed by atoms with van der Waals surface area (Å²) in [6, 6.07) is 12.7. The lowest BCUT2D eigenvalue weighted by Crippen LogP contribution is -2.29. The zero-order chi connectivity index (χ0) is 21.0. The van der Waals surface area contributed by atoms with Gasteiger partial charge in [0.2, 0.25) is 0 Å². The molecular weight excluding hydrogens is 374 g/mol. The van der Waals surface area contributed by atoms with Gasteiger partial charge in [-0.15, -0.1) is 0 Å². The van der Waals surface area contributed by atoms with Gasteiger partial charge in [-0.05, 0) is 55.3 Å². The molecule has 1 heterocycles. The van der Waals surface area contributed by atoms with Crippen LogP contribution in [0.3, 0.4) is 0 Å². The van der Waals surface area contributed by atoms with Gasteiger partial charge < -0.3 is 19.3 Å². The zero-order valence-corrected chi connectivity index (χ0v) is 16.8. The normalized spacial score (nSPS) is 13.5. The van der Waals surface area contributed by atoms with Gasteiger partial charge in [-0.25, -0.2) is 14.5 Å². The molecular formula is C22H25NO6. The van der Waals surface area contributed by atoms with Crippen LogP contribution in [0.4, 0.5) is 16.2 Å². The topological polar surface area (TPSA) is 85.3 Å². The largest absolute Gasteiger partial charge is 0.493 e. The first-order chi connectivity index (χ1) is 13.9. The Morgan fingerprint density at radius 1 is 1.17 bits per heavy atom. The molecule has 0 aliphatic carbocycles. The number of fused-ring (bicyclic) bond motifs is 1. The molecule has 0 radical (unpaired) electrons. The van der Waals surface area contributed by atoms with Crippen molar-refractivity contribution in [1.29, 1.82) is 0 Å². The maximum atomic E-state index is 12.6. The van der Waals surface area contributed by atoms with Crippen LogP contribution < -0.4 is 9.64 Å². The Bertz CT molecular complexity index is 895. The van der Waals surface area contributed by atoms with Gasteiger partial charge in [0.15, 0.2) is 6.10 Å². The highest BCUT2D eigenvalue weighted by atomic mass is 16.5. The number of methoxy groups -OCH3 is 1. The van der Waals surface area contributed by atoms with Crippen molar-refractivity contribution >= 4 is 23.4 Å². The summed E-state index contributed by atoms with van der Waals surface area (Å²) in [6.45, 7) is 4.21. The van der Waals surface area contributed by atoms with E-state index in [9.17, 15) is 14.7 Å². The van der Waals surface area contributed by atoms with Crippen LogP contribution in [0, 0.1) is 0 Å². The van der Waals surface area contributed by atoms with Crippen molar-refractivity contribution < 1.29 is 28.9 Å². The Kier molecular flexibility index (Phi) is 6.39. The van der Waals surface area contributed by atoms with E-state index in [4.69, 9.17) is 14.2 Å². The van der Waals surface area contributed by atoms with Gasteiger partial charge in [-0.1, -0.05) is 12.1 Å². The molecule has 29 heavy (non-hydrogen) atoms. The van der Waals surface area contributed by atoms with Gasteiger partial charge >= 0.3 is 12.1 Å². The first kappa shape index (κ1) is 20.7. The van der Waals surface area contributed by atoms with E-state index in [-0.39, 0.29) is 12.5 Å². The lowest BCUT2D eigenvalue weighted by molar-refractivity contribution is -0.153. The van der Waals surface area contributed by atoms with Crippen LogP contribution in [0.2, 0.25) is 0 Å². The Morgan fingerprint density at radius 2 is 1.93 bits per heavy atom. The number of aliphatic carboxylic acids is 1. The van der Waals surface area contributed by atoms with E-state index in [1.165, 1.54) is 12.0 Å². The minimum Gasteiger partial charge on any atom is -0.493 e. The minimum atomic E-state index is -1.02. The highest BCUT2D eigenvalue weighted by Crippen LogP contribution is 2.33. The van der Waals surface area contributed by atoms with Crippen LogP contribution in [-0.4, -0.2) is 43.1 Å². The number of hydrogen-bond acceptors (Lipinski definition) is 5. The van der Waals surface area contributed by atoms with Gasteiger partial charge in [0.1, 0.15) is 5.75 Å². The number of rotatable bonds is 7. The maximum absolute atomic E-state index is 12.6. The lowest BCUT2D eigenvalue weighted by atomic mass is 10.1. The van der Waals surface area contributed by atoms with Crippen molar-refractivity contribution in [3.05, 3.63) is 53.6 Å². The summed E-state index contributed by atoms with van der Waals surface area (Å²) in [7, 11) is 1.33. The molecule has 1 aliphatic rings. The first-order valence-corrected chi connectivity index (χ1v) is 9.50. The van der Waals surface area contributed by atoms with Crippen LogP contribution in [0.25, 0.3) is 0 Å². The fraction of sp³-hybridized carbons (Fsp3) is 0.364. The predicted molar refractivity (Wildman–Crippen MR) is 108 cm³/mol. The summed E-state index contributed by atoms with van der Waals surface area (Å²) in [5, 5.41) is 9.43. The van der Waals surface area contributed by atoms with Crippen LogP contribution in [0.5, 0.6) is 5.75 Å². The fourth-order valence-corrected chi connectivity index (χ4v) is 3.32. The van der Waals surface area contributed by atoms with Crippen LogP contribution in [0.1, 0.15) is 25.0 Å². The van der Waals surface area contributed by atoms with Crippen LogP contribution >= 0.6 is 0 Å². The van der Waals surface area contributed by atoms with E-state index >= 15 is 0 Å². The molecule has 1 unspecified atom stereocenters. The van der Waals surface area contributed by atoms with Gasteiger partial charge in [0.25, 0.3) is 0 Å². The third kappa shape index (κ3) is 4.86. The molecule has 1 atom stereocenters. The molecule has 2 aromatic carbocycles. The first-order valence-electron chi connectivity index (χ1n) is 9.50. The summed E-state index contributed by atoms with van der Waals surface area (Å²) in [5.41, 5.74) is 3.02. The smallest absolute Gasteiger partial charge is 0.418 e. The van der Waals surface area contributed by atoms with Gasteiger partial charge in [-0.3, -0.25) is 0 Å². The molecule has 0 bridgehead atoms. The number of hydrogen-bond donors (Lipinski definition) is 1. The summed E-state index contributed by atoms with van der Waals surface area (Å²) in [5.74, 6) is -0.199. The summed E-state index contributed by atoms with van der Waals surface area (Å²) in [4.78, 5) is 25.5. The monoisotopic (exact) mass is 399 g/mol. The molecule has 3 rings (SSSR count). The molecule has 0 saturated carbocycles. The number of carbonyl (C=O) groups excluding carboxylic acids is 1. The van der Waals surface area contributed by atoms with Crippen molar-refractivity contribution in [2.45, 2.75) is 38.9 Å². The second-order valence-corrected chi connectivity index (χ2v) is 7.08. The molecule has 7 heteroatoms. The molecule has 0 fully saturated rings. The molecule has 7 nitrogen and oxygen atoms in total. The highest BCUT2D eigenvalue weighted by Gasteiger charge is 2.24. The number of ether oxygens (including phenoxy) is 3. The maximum Gasteiger partial charge on any atom is 0.418 e. The van der Waals surface area contributed by atoms with Gasteiger partial charge in [-0.2, -0.15) is 0 Å². The SMILES string of the molecule is COC(=O)N(c1cccc(CC(OC(C)C)C(=O)O)c1)c1ccc2c(c1)CCO2. The van der Waals surface area contributed by atoms with E-state index in [2.05, 4.69) is 0 Å². The summed E-state index contributed by atoms with van der Waals surface area (Å²) in [6.07, 6.45) is -0.734. The third-order valence-corrected chi connectivity index (χ3v) is 4.59. The van der Waals surface area contributed by atoms with Crippen molar-refractivity contribution in [1.82, 2.24) is 0 Å². The second kappa shape index (κ2) is 8.96. The molecule has 0 saturated heterocycles. The Hall–Kier alpha value is -3.06. The quantitative estimate of drug-likeness (QED) is 0.759. The molecule has 1 aliphatic heterocycles. The van der Waals surface area contributed by atoms with Gasteiger partial charge in [0, 0.05) is 12.8 Å². The van der Waals surface area contributed by atoms with E-state index < -0.39 is 18.2 Å². The average molecular weight is 399 g/mol. The van der Waals surface area contributed by atoms with Crippen LogP contribution in [0.15, 0.2) is 42.5 Å². The highest BCUT2D eigenvalue weighted by molar-refractivity contribution is 5.96. The summed E-state index contributed by atoms with van der Waals surface area (Å²) >= 11 is 0. The van der Waals surface area contributed by atoms with Crippen LogP contribution in [-0.2, 0) is 27.1 Å². The Labute approximate surface area is 169 Å². The number of carboxylic acids is 1. The van der Waals surface area contributed by atoms with Crippen molar-refractivity contribution in [2.24, 2.45) is 0 Å². The zero-order valence-electron chi connectivity index (χ0n) is 16.8. The van der Waals surface area contributed by atoms with Crippen molar-refractivity contribution in [3.63, 3.8) is 0 Å². The number of benzene rings is 2. The average Bonchev–Trinajstić information content (AvgIpc) is 3.15. The van der Waals surface area contributed by atoms with E-state index in [1.54, 1.807) is 38.1 Å². The Morgan fingerprint density at radius 3 is 2.62 bits per heavy atom. The predicted octanol–water partition coefficient (Wildman–Crippen LogP) is 3.95. The molecule has 154 valence electrons. The lowest BCUT2D eigenvalue weighted by Gasteiger charge is -2.23. The van der Waals surface area contributed by atoms with E-state index in [1.807, 2.05) is 18.2 Å². The molecule has 1 amide bonds. The molecule has 0 spiro atoms. The van der Waals surface area contributed by atoms with Gasteiger partial charge in [0.05, 0.1) is 31.2 Å². The number of nitrogens with zero attached hydrogens (tertiary/aromatic N) is 1. The fourth-order valence-electron chi connectivity index (χ4n) is 3.32. The number of amides is 1. The minimum absolute atomic E-state index is 0.189. The van der Waals surface area contributed by atoms with Crippen molar-refractivity contribution in [3.8, 4) is 5.75 Å².